The van der Waals surface area contributed by atoms with Gasteiger partial charge in [0.15, 0.2) is 0 Å². The Balaban J connectivity index is 1.30. The molecular weight excluding hydrogens is 665 g/mol. The van der Waals surface area contributed by atoms with E-state index in [0.717, 1.165) is 110 Å². The number of aromatic nitrogens is 3. The zero-order chi connectivity index (χ0) is 35.5. The number of pyridine rings is 1. The molecule has 0 aliphatic heterocycles. The fraction of sp³-hybridized carbons (Fsp3) is 0. The SMILES string of the molecule is N#Cc1ccc(-c2c(-n3c4ccccc4c4ccc5oc6ccccc6c5c43)cncc2-n2c3ccccc3c3ccc4oc5ccccc5c4c32)cc1. The Morgan fingerprint density at radius 3 is 1.41 bits per heavy atom. The Morgan fingerprint density at radius 2 is 0.907 bits per heavy atom. The number of nitrogens with zero attached hydrogens (tertiary/aromatic N) is 4. The van der Waals surface area contributed by atoms with E-state index < -0.39 is 0 Å². The van der Waals surface area contributed by atoms with Crippen LogP contribution in [-0.4, -0.2) is 14.1 Å². The molecule has 6 heteroatoms. The van der Waals surface area contributed by atoms with E-state index in [-0.39, 0.29) is 0 Å². The van der Waals surface area contributed by atoms with Gasteiger partial charge in [0.2, 0.25) is 0 Å². The van der Waals surface area contributed by atoms with Crippen LogP contribution in [0.4, 0.5) is 0 Å². The average Bonchev–Trinajstić information content (AvgIpc) is 3.98. The number of hydrogen-bond acceptors (Lipinski definition) is 4. The minimum Gasteiger partial charge on any atom is -0.456 e. The van der Waals surface area contributed by atoms with E-state index in [0.29, 0.717) is 5.56 Å². The lowest BCUT2D eigenvalue weighted by molar-refractivity contribution is 0.669. The third kappa shape index (κ3) is 3.79. The lowest BCUT2D eigenvalue weighted by atomic mass is 10.0. The maximum absolute atomic E-state index is 9.83. The van der Waals surface area contributed by atoms with Crippen LogP contribution in [0.3, 0.4) is 0 Å². The van der Waals surface area contributed by atoms with Gasteiger partial charge in [0.25, 0.3) is 0 Å². The number of rotatable bonds is 3. The van der Waals surface area contributed by atoms with Gasteiger partial charge < -0.3 is 18.0 Å². The minimum absolute atomic E-state index is 0.600. The topological polar surface area (TPSA) is 72.8 Å². The molecule has 0 N–H and O–H groups in total. The molecular formula is C48H26N4O2. The van der Waals surface area contributed by atoms with Gasteiger partial charge in [-0.15, -0.1) is 0 Å². The van der Waals surface area contributed by atoms with Crippen molar-refractivity contribution in [2.24, 2.45) is 0 Å². The summed E-state index contributed by atoms with van der Waals surface area (Å²) in [5.74, 6) is 0. The standard InChI is InChI=1S/C48H26N4O2/c49-25-28-17-19-29(20-18-28)44-38(51-36-13-5-1-9-30(36)32-21-23-42-45(47(32)51)34-11-3-7-15-40(34)53-42)26-50-27-39(44)52-37-14-6-2-10-31(37)33-22-24-43-46(48(33)52)35-12-4-8-16-41(35)54-43/h1-24,26-27H. The summed E-state index contributed by atoms with van der Waals surface area (Å²) in [5, 5.41) is 18.6. The molecule has 0 saturated heterocycles. The molecule has 0 radical (unpaired) electrons. The molecule has 0 aliphatic rings. The van der Waals surface area contributed by atoms with E-state index in [1.807, 2.05) is 60.9 Å². The first-order valence-corrected chi connectivity index (χ1v) is 17.9. The molecule has 0 bridgehead atoms. The molecule has 0 unspecified atom stereocenters. The van der Waals surface area contributed by atoms with Crippen molar-refractivity contribution in [3.63, 3.8) is 0 Å². The predicted molar refractivity (Wildman–Crippen MR) is 218 cm³/mol. The summed E-state index contributed by atoms with van der Waals surface area (Å²) in [7, 11) is 0. The van der Waals surface area contributed by atoms with E-state index in [9.17, 15) is 5.26 Å². The van der Waals surface area contributed by atoms with Gasteiger partial charge in [-0.1, -0.05) is 84.9 Å². The van der Waals surface area contributed by atoms with E-state index in [1.165, 1.54) is 0 Å². The molecule has 12 aromatic rings. The largest absolute Gasteiger partial charge is 0.456 e. The monoisotopic (exact) mass is 690 g/mol. The van der Waals surface area contributed by atoms with Crippen molar-refractivity contribution >= 4 is 87.5 Å². The summed E-state index contributed by atoms with van der Waals surface area (Å²) in [5.41, 5.74) is 11.9. The molecule has 0 amide bonds. The number of furan rings is 2. The van der Waals surface area contributed by atoms with Crippen LogP contribution in [0.5, 0.6) is 0 Å². The summed E-state index contributed by atoms with van der Waals surface area (Å²) in [6.07, 6.45) is 3.95. The molecule has 5 heterocycles. The molecule has 0 fully saturated rings. The number of para-hydroxylation sites is 4. The van der Waals surface area contributed by atoms with Gasteiger partial charge in [0.1, 0.15) is 22.3 Å². The van der Waals surface area contributed by atoms with Gasteiger partial charge >= 0.3 is 0 Å². The fourth-order valence-electron chi connectivity index (χ4n) is 8.82. The third-order valence-corrected chi connectivity index (χ3v) is 11.0. The quantitative estimate of drug-likeness (QED) is 0.185. The number of hydrogen-bond donors (Lipinski definition) is 0. The smallest absolute Gasteiger partial charge is 0.137 e. The predicted octanol–water partition coefficient (Wildman–Crippen LogP) is 12.6. The molecule has 0 atom stereocenters. The van der Waals surface area contributed by atoms with E-state index in [2.05, 4.69) is 112 Å². The minimum atomic E-state index is 0.600. The Kier molecular flexibility index (Phi) is 5.75. The molecule has 12 rings (SSSR count). The van der Waals surface area contributed by atoms with Gasteiger partial charge in [-0.05, 0) is 66.2 Å². The number of nitriles is 1. The van der Waals surface area contributed by atoms with Crippen LogP contribution >= 0.6 is 0 Å². The first-order valence-electron chi connectivity index (χ1n) is 17.9. The number of fused-ring (bicyclic) bond motifs is 14. The van der Waals surface area contributed by atoms with Crippen molar-refractivity contribution < 1.29 is 8.83 Å². The molecule has 7 aromatic carbocycles. The van der Waals surface area contributed by atoms with E-state index in [1.54, 1.807) is 0 Å². The van der Waals surface area contributed by atoms with Crippen molar-refractivity contribution in [3.8, 4) is 28.6 Å². The Labute approximate surface area is 306 Å². The average molecular weight is 691 g/mol. The number of benzene rings is 7. The first kappa shape index (κ1) is 29.0. The zero-order valence-corrected chi connectivity index (χ0v) is 28.6. The van der Waals surface area contributed by atoms with Crippen LogP contribution < -0.4 is 0 Å². The third-order valence-electron chi connectivity index (χ3n) is 11.0. The second kappa shape index (κ2) is 10.7. The molecule has 250 valence electrons. The second-order valence-corrected chi connectivity index (χ2v) is 13.8. The highest BCUT2D eigenvalue weighted by Gasteiger charge is 2.26. The van der Waals surface area contributed by atoms with Crippen LogP contribution in [0.15, 0.2) is 167 Å². The van der Waals surface area contributed by atoms with E-state index in [4.69, 9.17) is 13.8 Å². The van der Waals surface area contributed by atoms with Crippen molar-refractivity contribution in [2.45, 2.75) is 0 Å². The molecule has 54 heavy (non-hydrogen) atoms. The Morgan fingerprint density at radius 1 is 0.444 bits per heavy atom. The van der Waals surface area contributed by atoms with Crippen molar-refractivity contribution in [2.75, 3.05) is 0 Å². The van der Waals surface area contributed by atoms with Crippen LogP contribution in [0, 0.1) is 11.3 Å². The zero-order valence-electron chi connectivity index (χ0n) is 28.6. The van der Waals surface area contributed by atoms with Gasteiger partial charge in [-0.3, -0.25) is 4.98 Å². The summed E-state index contributed by atoms with van der Waals surface area (Å²) >= 11 is 0. The van der Waals surface area contributed by atoms with Crippen LogP contribution in [0.2, 0.25) is 0 Å². The maximum Gasteiger partial charge on any atom is 0.137 e. The van der Waals surface area contributed by atoms with Crippen LogP contribution in [0.25, 0.3) is 110 Å². The second-order valence-electron chi connectivity index (χ2n) is 13.8. The summed E-state index contributed by atoms with van der Waals surface area (Å²) in [6.45, 7) is 0. The molecule has 0 saturated carbocycles. The van der Waals surface area contributed by atoms with Gasteiger partial charge in [0.05, 0.1) is 68.2 Å². The Bertz CT molecular complexity index is 3370. The highest BCUT2D eigenvalue weighted by atomic mass is 16.3. The van der Waals surface area contributed by atoms with E-state index >= 15 is 0 Å². The maximum atomic E-state index is 9.83. The van der Waals surface area contributed by atoms with Gasteiger partial charge in [-0.2, -0.15) is 5.26 Å². The summed E-state index contributed by atoms with van der Waals surface area (Å²) < 4.78 is 17.6. The van der Waals surface area contributed by atoms with Gasteiger partial charge in [-0.25, -0.2) is 0 Å². The first-order chi connectivity index (χ1) is 26.8. The summed E-state index contributed by atoms with van der Waals surface area (Å²) in [6, 6.07) is 52.3. The van der Waals surface area contributed by atoms with Crippen molar-refractivity contribution in [1.82, 2.24) is 14.1 Å². The molecule has 0 aliphatic carbocycles. The van der Waals surface area contributed by atoms with Crippen molar-refractivity contribution in [1.29, 1.82) is 5.26 Å². The molecule has 5 aromatic heterocycles. The van der Waals surface area contributed by atoms with Gasteiger partial charge in [0, 0.05) is 37.9 Å². The van der Waals surface area contributed by atoms with Crippen LogP contribution in [-0.2, 0) is 0 Å². The van der Waals surface area contributed by atoms with Crippen LogP contribution in [0.1, 0.15) is 5.56 Å². The molecule has 6 nitrogen and oxygen atoms in total. The molecule has 0 spiro atoms. The van der Waals surface area contributed by atoms with Crippen molar-refractivity contribution in [3.05, 3.63) is 164 Å². The normalized spacial score (nSPS) is 12.1. The Hall–Kier alpha value is -7.62. The highest BCUT2D eigenvalue weighted by molar-refractivity contribution is 6.26. The summed E-state index contributed by atoms with van der Waals surface area (Å²) in [4.78, 5) is 5.06. The lowest BCUT2D eigenvalue weighted by Crippen LogP contribution is -2.05. The highest BCUT2D eigenvalue weighted by Crippen LogP contribution is 2.46. The fourth-order valence-corrected chi connectivity index (χ4v) is 8.82. The lowest BCUT2D eigenvalue weighted by Gasteiger charge is -2.20.